The Morgan fingerprint density at radius 3 is 2.67 bits per heavy atom. The normalized spacial score (nSPS) is 25.0. The maximum Gasteiger partial charge on any atom is 0.137 e. The molecule has 0 aliphatic carbocycles. The predicted molar refractivity (Wildman–Crippen MR) is 76.0 cm³/mol. The molecule has 0 aromatic heterocycles. The number of hydrogen-bond donors (Lipinski definition) is 0. The van der Waals surface area contributed by atoms with E-state index >= 15 is 0 Å². The van der Waals surface area contributed by atoms with E-state index in [1.54, 1.807) is 0 Å². The fourth-order valence-corrected chi connectivity index (χ4v) is 3.17. The van der Waals surface area contributed by atoms with Crippen LogP contribution in [0.3, 0.4) is 0 Å². The maximum atomic E-state index is 13.2. The van der Waals surface area contributed by atoms with Crippen molar-refractivity contribution in [1.29, 1.82) is 0 Å². The minimum Gasteiger partial charge on any atom is -0.305 e. The molecule has 0 bridgehead atoms. The summed E-state index contributed by atoms with van der Waals surface area (Å²) in [6.45, 7) is 5.39. The molecule has 4 heteroatoms. The van der Waals surface area contributed by atoms with Gasteiger partial charge in [-0.15, -0.1) is 0 Å². The van der Waals surface area contributed by atoms with Crippen molar-refractivity contribution < 1.29 is 4.39 Å². The highest BCUT2D eigenvalue weighted by Crippen LogP contribution is 2.23. The molecule has 18 heavy (non-hydrogen) atoms. The largest absolute Gasteiger partial charge is 0.305 e. The second kappa shape index (κ2) is 5.68. The van der Waals surface area contributed by atoms with E-state index in [0.717, 1.165) is 25.2 Å². The van der Waals surface area contributed by atoms with Crippen molar-refractivity contribution in [2.24, 2.45) is 5.92 Å². The van der Waals surface area contributed by atoms with Crippen LogP contribution in [0.2, 0.25) is 0 Å². The van der Waals surface area contributed by atoms with Gasteiger partial charge in [0.1, 0.15) is 5.82 Å². The molecule has 0 amide bonds. The lowest BCUT2D eigenvalue weighted by molar-refractivity contribution is 0.250. The highest BCUT2D eigenvalue weighted by Gasteiger charge is 2.30. The third-order valence-corrected chi connectivity index (χ3v) is 4.31. The van der Waals surface area contributed by atoms with E-state index < -0.39 is 0 Å². The molecule has 1 saturated heterocycles. The van der Waals surface area contributed by atoms with Crippen LogP contribution in [0.25, 0.3) is 0 Å². The molecule has 0 spiro atoms. The molecule has 0 N–H and O–H groups in total. The summed E-state index contributed by atoms with van der Waals surface area (Å²) in [6.07, 6.45) is 0. The fraction of sp³-hybridized carbons (Fsp3) is 0.571. The monoisotopic (exact) mass is 314 g/mol. The van der Waals surface area contributed by atoms with Crippen molar-refractivity contribution in [2.75, 3.05) is 27.2 Å². The minimum atomic E-state index is -0.195. The van der Waals surface area contributed by atoms with Crippen LogP contribution in [0.5, 0.6) is 0 Å². The molecule has 1 heterocycles. The van der Waals surface area contributed by atoms with Crippen molar-refractivity contribution in [3.8, 4) is 0 Å². The lowest BCUT2D eigenvalue weighted by atomic mass is 10.1. The van der Waals surface area contributed by atoms with Gasteiger partial charge < -0.3 is 4.90 Å². The Kier molecular flexibility index (Phi) is 4.41. The van der Waals surface area contributed by atoms with Gasteiger partial charge in [-0.3, -0.25) is 4.90 Å². The molecule has 1 aliphatic rings. The molecule has 1 aliphatic heterocycles. The van der Waals surface area contributed by atoms with E-state index in [0.29, 0.717) is 16.4 Å². The Labute approximate surface area is 117 Å². The highest BCUT2D eigenvalue weighted by atomic mass is 79.9. The van der Waals surface area contributed by atoms with E-state index in [9.17, 15) is 4.39 Å². The summed E-state index contributed by atoms with van der Waals surface area (Å²) in [4.78, 5) is 4.74. The Bertz CT molecular complexity index is 422. The third kappa shape index (κ3) is 3.11. The van der Waals surface area contributed by atoms with Gasteiger partial charge in [0.2, 0.25) is 0 Å². The summed E-state index contributed by atoms with van der Waals surface area (Å²) in [5.41, 5.74) is 1.16. The van der Waals surface area contributed by atoms with Gasteiger partial charge in [-0.05, 0) is 53.6 Å². The van der Waals surface area contributed by atoms with Gasteiger partial charge >= 0.3 is 0 Å². The van der Waals surface area contributed by atoms with Crippen molar-refractivity contribution in [3.63, 3.8) is 0 Å². The first kappa shape index (κ1) is 14.0. The molecular weight excluding hydrogens is 295 g/mol. The van der Waals surface area contributed by atoms with Crippen molar-refractivity contribution >= 4 is 15.9 Å². The average molecular weight is 315 g/mol. The molecule has 0 saturated carbocycles. The second-order valence-corrected chi connectivity index (χ2v) is 6.31. The maximum absolute atomic E-state index is 13.2. The molecule has 2 atom stereocenters. The first-order valence-corrected chi connectivity index (χ1v) is 7.09. The molecule has 1 fully saturated rings. The number of likely N-dealkylation sites (N-methyl/N-ethyl adjacent to an activating group) is 1. The van der Waals surface area contributed by atoms with Crippen LogP contribution in [-0.4, -0.2) is 43.0 Å². The van der Waals surface area contributed by atoms with E-state index in [4.69, 9.17) is 0 Å². The van der Waals surface area contributed by atoms with Crippen molar-refractivity contribution in [1.82, 2.24) is 9.80 Å². The van der Waals surface area contributed by atoms with Gasteiger partial charge in [-0.25, -0.2) is 4.39 Å². The summed E-state index contributed by atoms with van der Waals surface area (Å²) in [7, 11) is 4.28. The smallest absolute Gasteiger partial charge is 0.137 e. The van der Waals surface area contributed by atoms with Crippen LogP contribution >= 0.6 is 15.9 Å². The zero-order chi connectivity index (χ0) is 13.3. The van der Waals surface area contributed by atoms with E-state index in [1.807, 2.05) is 12.1 Å². The summed E-state index contributed by atoms with van der Waals surface area (Å²) < 4.78 is 13.7. The van der Waals surface area contributed by atoms with Crippen LogP contribution in [0.1, 0.15) is 12.5 Å². The highest BCUT2D eigenvalue weighted by molar-refractivity contribution is 9.10. The minimum absolute atomic E-state index is 0.195. The summed E-state index contributed by atoms with van der Waals surface area (Å²) in [6, 6.07) is 5.90. The number of halogens is 2. The van der Waals surface area contributed by atoms with Crippen LogP contribution in [0.4, 0.5) is 4.39 Å². The van der Waals surface area contributed by atoms with Crippen LogP contribution in [0.15, 0.2) is 22.7 Å². The van der Waals surface area contributed by atoms with Crippen molar-refractivity contribution in [2.45, 2.75) is 19.5 Å². The molecule has 1 aromatic carbocycles. The Balaban J connectivity index is 2.00. The third-order valence-electron chi connectivity index (χ3n) is 3.70. The van der Waals surface area contributed by atoms with Crippen molar-refractivity contribution in [3.05, 3.63) is 34.1 Å². The van der Waals surface area contributed by atoms with Gasteiger partial charge in [0.15, 0.2) is 0 Å². The SMILES string of the molecule is CC1CN(Cc2ccc(F)c(Br)c2)CC1N(C)C. The van der Waals surface area contributed by atoms with Crippen LogP contribution in [0, 0.1) is 11.7 Å². The second-order valence-electron chi connectivity index (χ2n) is 5.45. The van der Waals surface area contributed by atoms with E-state index in [-0.39, 0.29) is 5.82 Å². The average Bonchev–Trinajstić information content (AvgIpc) is 2.65. The lowest BCUT2D eigenvalue weighted by Crippen LogP contribution is -2.34. The van der Waals surface area contributed by atoms with Gasteiger partial charge in [-0.2, -0.15) is 0 Å². The topological polar surface area (TPSA) is 6.48 Å². The van der Waals surface area contributed by atoms with Gasteiger partial charge in [0, 0.05) is 25.7 Å². The molecule has 100 valence electrons. The summed E-state index contributed by atoms with van der Waals surface area (Å²) in [5, 5.41) is 0. The molecule has 2 nitrogen and oxygen atoms in total. The quantitative estimate of drug-likeness (QED) is 0.846. The number of likely N-dealkylation sites (tertiary alicyclic amines) is 1. The zero-order valence-corrected chi connectivity index (χ0v) is 12.7. The van der Waals surface area contributed by atoms with Gasteiger partial charge in [0.05, 0.1) is 4.47 Å². The number of rotatable bonds is 3. The zero-order valence-electron chi connectivity index (χ0n) is 11.2. The summed E-state index contributed by atoms with van der Waals surface area (Å²) in [5.74, 6) is 0.489. The van der Waals surface area contributed by atoms with Gasteiger partial charge in [-0.1, -0.05) is 13.0 Å². The first-order chi connectivity index (χ1) is 8.47. The van der Waals surface area contributed by atoms with Crippen LogP contribution in [-0.2, 0) is 6.54 Å². The Morgan fingerprint density at radius 2 is 2.11 bits per heavy atom. The molecule has 1 aromatic rings. The Morgan fingerprint density at radius 1 is 1.39 bits per heavy atom. The van der Waals surface area contributed by atoms with Gasteiger partial charge in [0.25, 0.3) is 0 Å². The number of hydrogen-bond acceptors (Lipinski definition) is 2. The van der Waals surface area contributed by atoms with E-state index in [2.05, 4.69) is 46.7 Å². The standard InChI is InChI=1S/C14H20BrFN2/c1-10-7-18(9-14(10)17(2)3)8-11-4-5-13(16)12(15)6-11/h4-6,10,14H,7-9H2,1-3H3. The molecule has 2 rings (SSSR count). The molecular formula is C14H20BrFN2. The predicted octanol–water partition coefficient (Wildman–Crippen LogP) is 2.97. The van der Waals surface area contributed by atoms with Crippen LogP contribution < -0.4 is 0 Å². The number of benzene rings is 1. The lowest BCUT2D eigenvalue weighted by Gasteiger charge is -2.22. The molecule has 0 radical (unpaired) electrons. The fourth-order valence-electron chi connectivity index (χ4n) is 2.75. The summed E-state index contributed by atoms with van der Waals surface area (Å²) >= 11 is 3.24. The van der Waals surface area contributed by atoms with E-state index in [1.165, 1.54) is 6.07 Å². The molecule has 2 unspecified atom stereocenters. The Hall–Kier alpha value is -0.450. The first-order valence-electron chi connectivity index (χ1n) is 6.30. The number of nitrogens with zero attached hydrogens (tertiary/aromatic N) is 2.